The summed E-state index contributed by atoms with van der Waals surface area (Å²) in [6.07, 6.45) is 5.38. The Hall–Kier alpha value is -2.99. The SMILES string of the molecule is C.Cc1ccccc1[C@H](C(=O)NC1CCCCC1)N(C(=O)Cc1cccs1)c1cccc(F)c1. The molecule has 1 N–H and O–H groups in total. The van der Waals surface area contributed by atoms with Crippen LogP contribution in [0.25, 0.3) is 0 Å². The van der Waals surface area contributed by atoms with Crippen LogP contribution >= 0.6 is 11.3 Å². The molecule has 6 heteroatoms. The van der Waals surface area contributed by atoms with Gasteiger partial charge in [0.2, 0.25) is 11.8 Å². The highest BCUT2D eigenvalue weighted by molar-refractivity contribution is 7.10. The van der Waals surface area contributed by atoms with Crippen LogP contribution in [0.1, 0.15) is 61.6 Å². The first-order valence-electron chi connectivity index (χ1n) is 11.5. The summed E-state index contributed by atoms with van der Waals surface area (Å²) in [5.41, 5.74) is 2.03. The number of hydrogen-bond donors (Lipinski definition) is 1. The summed E-state index contributed by atoms with van der Waals surface area (Å²) in [7, 11) is 0. The molecule has 0 unspecified atom stereocenters. The van der Waals surface area contributed by atoms with Gasteiger partial charge in [-0.3, -0.25) is 14.5 Å². The summed E-state index contributed by atoms with van der Waals surface area (Å²) in [6.45, 7) is 1.93. The van der Waals surface area contributed by atoms with Crippen molar-refractivity contribution in [2.45, 2.75) is 65.0 Å². The van der Waals surface area contributed by atoms with Crippen LogP contribution in [0.2, 0.25) is 0 Å². The van der Waals surface area contributed by atoms with Gasteiger partial charge in [-0.15, -0.1) is 11.3 Å². The molecule has 1 aliphatic rings. The number of aryl methyl sites for hydroxylation is 1. The molecule has 1 heterocycles. The Labute approximate surface area is 205 Å². The zero-order valence-electron chi connectivity index (χ0n) is 18.8. The van der Waals surface area contributed by atoms with Crippen molar-refractivity contribution in [2.24, 2.45) is 0 Å². The van der Waals surface area contributed by atoms with Gasteiger partial charge in [0.1, 0.15) is 11.9 Å². The largest absolute Gasteiger partial charge is 0.351 e. The third-order valence-electron chi connectivity index (χ3n) is 6.20. The maximum Gasteiger partial charge on any atom is 0.248 e. The highest BCUT2D eigenvalue weighted by Gasteiger charge is 2.35. The molecule has 0 saturated heterocycles. The lowest BCUT2D eigenvalue weighted by atomic mass is 9.93. The van der Waals surface area contributed by atoms with Crippen LogP contribution in [-0.4, -0.2) is 17.9 Å². The number of hydrogen-bond acceptors (Lipinski definition) is 3. The average Bonchev–Trinajstić information content (AvgIpc) is 3.31. The molecule has 3 aromatic rings. The number of thiophene rings is 1. The predicted molar refractivity (Wildman–Crippen MR) is 138 cm³/mol. The van der Waals surface area contributed by atoms with E-state index in [-0.39, 0.29) is 31.7 Å². The molecule has 0 spiro atoms. The third kappa shape index (κ3) is 6.11. The van der Waals surface area contributed by atoms with Gasteiger partial charge in [0.25, 0.3) is 0 Å². The monoisotopic (exact) mass is 480 g/mol. The van der Waals surface area contributed by atoms with Crippen LogP contribution in [0.4, 0.5) is 10.1 Å². The number of nitrogens with zero attached hydrogens (tertiary/aromatic N) is 1. The molecule has 4 nitrogen and oxygen atoms in total. The Bertz CT molecular complexity index is 1090. The van der Waals surface area contributed by atoms with E-state index >= 15 is 0 Å². The second kappa shape index (κ2) is 11.9. The fourth-order valence-corrected chi connectivity index (χ4v) is 5.22. The summed E-state index contributed by atoms with van der Waals surface area (Å²) in [5.74, 6) is -0.910. The number of rotatable bonds is 7. The van der Waals surface area contributed by atoms with Crippen LogP contribution in [0.5, 0.6) is 0 Å². The molecule has 0 radical (unpaired) electrons. The second-order valence-corrected chi connectivity index (χ2v) is 9.63. The van der Waals surface area contributed by atoms with E-state index in [1.807, 2.05) is 48.7 Å². The summed E-state index contributed by atoms with van der Waals surface area (Å²) in [6, 6.07) is 16.5. The van der Waals surface area contributed by atoms with Crippen LogP contribution in [0, 0.1) is 12.7 Å². The first-order chi connectivity index (χ1) is 16.0. The van der Waals surface area contributed by atoms with Crippen molar-refractivity contribution in [1.29, 1.82) is 0 Å². The van der Waals surface area contributed by atoms with Crippen molar-refractivity contribution >= 4 is 28.8 Å². The highest BCUT2D eigenvalue weighted by Crippen LogP contribution is 2.32. The van der Waals surface area contributed by atoms with E-state index in [1.165, 1.54) is 34.8 Å². The van der Waals surface area contributed by atoms with E-state index < -0.39 is 11.9 Å². The van der Waals surface area contributed by atoms with Crippen LogP contribution < -0.4 is 10.2 Å². The smallest absolute Gasteiger partial charge is 0.248 e. The molecule has 1 fully saturated rings. The lowest BCUT2D eigenvalue weighted by molar-refractivity contribution is -0.127. The molecule has 4 rings (SSSR count). The van der Waals surface area contributed by atoms with E-state index in [4.69, 9.17) is 0 Å². The van der Waals surface area contributed by atoms with Gasteiger partial charge in [-0.05, 0) is 60.5 Å². The van der Waals surface area contributed by atoms with Gasteiger partial charge in [-0.2, -0.15) is 0 Å². The third-order valence-corrected chi connectivity index (χ3v) is 7.08. The molecule has 180 valence electrons. The zero-order chi connectivity index (χ0) is 23.2. The van der Waals surface area contributed by atoms with Gasteiger partial charge >= 0.3 is 0 Å². The van der Waals surface area contributed by atoms with Gasteiger partial charge in [0.05, 0.1) is 6.42 Å². The Morgan fingerprint density at radius 1 is 1.06 bits per heavy atom. The predicted octanol–water partition coefficient (Wildman–Crippen LogP) is 6.60. The Kier molecular flexibility index (Phi) is 8.99. The van der Waals surface area contributed by atoms with E-state index in [0.717, 1.165) is 41.7 Å². The first-order valence-corrected chi connectivity index (χ1v) is 12.4. The fraction of sp³-hybridized carbons (Fsp3) is 0.357. The van der Waals surface area contributed by atoms with Gasteiger partial charge in [-0.25, -0.2) is 4.39 Å². The normalized spacial score (nSPS) is 14.6. The Morgan fingerprint density at radius 3 is 2.50 bits per heavy atom. The van der Waals surface area contributed by atoms with Crippen molar-refractivity contribution in [3.8, 4) is 0 Å². The van der Waals surface area contributed by atoms with Gasteiger partial charge in [0.15, 0.2) is 0 Å². The molecule has 0 aliphatic heterocycles. The van der Waals surface area contributed by atoms with Gasteiger partial charge < -0.3 is 5.32 Å². The minimum atomic E-state index is -0.887. The van der Waals surface area contributed by atoms with Crippen molar-refractivity contribution in [3.05, 3.63) is 87.9 Å². The number of anilines is 1. The van der Waals surface area contributed by atoms with Crippen molar-refractivity contribution in [1.82, 2.24) is 5.32 Å². The summed E-state index contributed by atoms with van der Waals surface area (Å²) < 4.78 is 14.3. The van der Waals surface area contributed by atoms with Crippen LogP contribution in [-0.2, 0) is 16.0 Å². The summed E-state index contributed by atoms with van der Waals surface area (Å²) in [5, 5.41) is 5.12. The molecule has 34 heavy (non-hydrogen) atoms. The maximum absolute atomic E-state index is 14.3. The quantitative estimate of drug-likeness (QED) is 0.414. The molecule has 1 atom stereocenters. The topological polar surface area (TPSA) is 49.4 Å². The van der Waals surface area contributed by atoms with Gasteiger partial charge in [-0.1, -0.05) is 63.1 Å². The second-order valence-electron chi connectivity index (χ2n) is 8.60. The standard InChI is InChI=1S/C27H29FN2O2S.CH4/c1-19-9-5-6-15-24(19)26(27(32)29-21-11-3-2-4-12-21)30(22-13-7-10-20(28)17-22)25(31)18-23-14-8-16-33-23;/h5-10,13-17,21,26H,2-4,11-12,18H2,1H3,(H,29,32);1H4/t26-;/m1./s1. The highest BCUT2D eigenvalue weighted by atomic mass is 32.1. The molecule has 2 aromatic carbocycles. The molecular formula is C28H33FN2O2S. The number of carbonyl (C=O) groups is 2. The lowest BCUT2D eigenvalue weighted by Crippen LogP contribution is -2.48. The molecule has 1 aromatic heterocycles. The average molecular weight is 481 g/mol. The van der Waals surface area contributed by atoms with Gasteiger partial charge in [0, 0.05) is 16.6 Å². The van der Waals surface area contributed by atoms with Crippen molar-refractivity contribution < 1.29 is 14.0 Å². The molecule has 0 bridgehead atoms. The number of halogens is 1. The summed E-state index contributed by atoms with van der Waals surface area (Å²) in [4.78, 5) is 29.8. The number of benzene rings is 2. The molecule has 2 amide bonds. The van der Waals surface area contributed by atoms with E-state index in [9.17, 15) is 14.0 Å². The minimum absolute atomic E-state index is 0. The molecular weight excluding hydrogens is 447 g/mol. The van der Waals surface area contributed by atoms with Crippen LogP contribution in [0.15, 0.2) is 66.0 Å². The fourth-order valence-electron chi connectivity index (χ4n) is 4.53. The Morgan fingerprint density at radius 2 is 1.82 bits per heavy atom. The number of amides is 2. The Balaban J connectivity index is 0.00000324. The van der Waals surface area contributed by atoms with E-state index in [1.54, 1.807) is 12.1 Å². The number of carbonyl (C=O) groups excluding carboxylic acids is 2. The lowest BCUT2D eigenvalue weighted by Gasteiger charge is -2.34. The number of nitrogens with one attached hydrogen (secondary N) is 1. The van der Waals surface area contributed by atoms with E-state index in [2.05, 4.69) is 5.32 Å². The van der Waals surface area contributed by atoms with Crippen LogP contribution in [0.3, 0.4) is 0 Å². The minimum Gasteiger partial charge on any atom is -0.351 e. The zero-order valence-corrected chi connectivity index (χ0v) is 19.6. The molecule has 1 aliphatic carbocycles. The maximum atomic E-state index is 14.3. The van der Waals surface area contributed by atoms with Crippen molar-refractivity contribution in [2.75, 3.05) is 4.90 Å². The van der Waals surface area contributed by atoms with Crippen molar-refractivity contribution in [3.63, 3.8) is 0 Å². The van der Waals surface area contributed by atoms with E-state index in [0.29, 0.717) is 5.69 Å². The summed E-state index contributed by atoms with van der Waals surface area (Å²) >= 11 is 1.49. The molecule has 1 saturated carbocycles. The first kappa shape index (κ1) is 25.6.